The minimum Gasteiger partial charge on any atom is -0.393 e. The van der Waals surface area contributed by atoms with Gasteiger partial charge in [-0.15, -0.1) is 0 Å². The molecular formula is C11H14N2O. The molecule has 0 saturated heterocycles. The van der Waals surface area contributed by atoms with Crippen molar-refractivity contribution in [3.8, 4) is 6.07 Å². The number of rotatable bonds is 1. The molecule has 0 amide bonds. The van der Waals surface area contributed by atoms with E-state index in [0.717, 1.165) is 25.7 Å². The Morgan fingerprint density at radius 3 is 3.07 bits per heavy atom. The van der Waals surface area contributed by atoms with Gasteiger partial charge in [-0.2, -0.15) is 5.26 Å². The summed E-state index contributed by atoms with van der Waals surface area (Å²) in [6.45, 7) is 0. The molecule has 0 spiro atoms. The molecule has 3 nitrogen and oxygen atoms in total. The predicted molar refractivity (Wildman–Crippen MR) is 52.7 cm³/mol. The van der Waals surface area contributed by atoms with E-state index < -0.39 is 0 Å². The average molecular weight is 190 g/mol. The highest BCUT2D eigenvalue weighted by molar-refractivity contribution is 5.23. The van der Waals surface area contributed by atoms with Crippen molar-refractivity contribution in [3.05, 3.63) is 24.0 Å². The molecule has 1 aromatic heterocycles. The standard InChI is InChI=1S/C11H14N2O/c12-8-10-4-2-6-13(10)9-3-1-5-11(14)7-9/h2,4,6,9,11,14H,1,3,5,7H2. The van der Waals surface area contributed by atoms with E-state index in [-0.39, 0.29) is 6.10 Å². The first-order valence-corrected chi connectivity index (χ1v) is 5.06. The fourth-order valence-corrected chi connectivity index (χ4v) is 2.20. The molecule has 1 N–H and O–H groups in total. The fourth-order valence-electron chi connectivity index (χ4n) is 2.20. The molecule has 74 valence electrons. The molecule has 0 bridgehead atoms. The van der Waals surface area contributed by atoms with Crippen LogP contribution in [-0.2, 0) is 0 Å². The molecule has 0 aromatic carbocycles. The number of nitrogens with zero attached hydrogens (tertiary/aromatic N) is 2. The topological polar surface area (TPSA) is 49.0 Å². The van der Waals surface area contributed by atoms with Crippen LogP contribution in [0.25, 0.3) is 0 Å². The van der Waals surface area contributed by atoms with E-state index in [0.29, 0.717) is 11.7 Å². The van der Waals surface area contributed by atoms with Crippen LogP contribution >= 0.6 is 0 Å². The third kappa shape index (κ3) is 1.66. The minimum atomic E-state index is -0.192. The lowest BCUT2D eigenvalue weighted by atomic mass is 9.93. The Labute approximate surface area is 83.6 Å². The van der Waals surface area contributed by atoms with Crippen LogP contribution in [0.3, 0.4) is 0 Å². The summed E-state index contributed by atoms with van der Waals surface area (Å²) >= 11 is 0. The maximum atomic E-state index is 9.55. The molecule has 0 aliphatic heterocycles. The Morgan fingerprint density at radius 2 is 2.36 bits per heavy atom. The van der Waals surface area contributed by atoms with Crippen molar-refractivity contribution < 1.29 is 5.11 Å². The number of hydrogen-bond acceptors (Lipinski definition) is 2. The highest BCUT2D eigenvalue weighted by atomic mass is 16.3. The quantitative estimate of drug-likeness (QED) is 0.734. The van der Waals surface area contributed by atoms with Gasteiger partial charge >= 0.3 is 0 Å². The van der Waals surface area contributed by atoms with Crippen LogP contribution < -0.4 is 0 Å². The van der Waals surface area contributed by atoms with Gasteiger partial charge in [0, 0.05) is 12.2 Å². The monoisotopic (exact) mass is 190 g/mol. The van der Waals surface area contributed by atoms with E-state index in [9.17, 15) is 5.11 Å². The van der Waals surface area contributed by atoms with Gasteiger partial charge in [0.15, 0.2) is 0 Å². The summed E-state index contributed by atoms with van der Waals surface area (Å²) in [4.78, 5) is 0. The van der Waals surface area contributed by atoms with Crippen LogP contribution in [0.1, 0.15) is 37.4 Å². The van der Waals surface area contributed by atoms with Crippen molar-refractivity contribution >= 4 is 0 Å². The van der Waals surface area contributed by atoms with Gasteiger partial charge in [0.05, 0.1) is 6.10 Å². The van der Waals surface area contributed by atoms with Crippen molar-refractivity contribution in [2.45, 2.75) is 37.8 Å². The second-order valence-electron chi connectivity index (χ2n) is 3.89. The zero-order valence-corrected chi connectivity index (χ0v) is 8.06. The van der Waals surface area contributed by atoms with Gasteiger partial charge in [0.1, 0.15) is 11.8 Å². The van der Waals surface area contributed by atoms with Crippen LogP contribution in [0.5, 0.6) is 0 Å². The van der Waals surface area contributed by atoms with Gasteiger partial charge in [-0.1, -0.05) is 0 Å². The zero-order chi connectivity index (χ0) is 9.97. The molecule has 2 atom stereocenters. The van der Waals surface area contributed by atoms with Gasteiger partial charge in [0.2, 0.25) is 0 Å². The fraction of sp³-hybridized carbons (Fsp3) is 0.545. The van der Waals surface area contributed by atoms with Gasteiger partial charge in [0.25, 0.3) is 0 Å². The maximum absolute atomic E-state index is 9.55. The van der Waals surface area contributed by atoms with Gasteiger partial charge in [-0.3, -0.25) is 0 Å². The van der Waals surface area contributed by atoms with E-state index in [1.807, 2.05) is 22.9 Å². The first kappa shape index (κ1) is 9.29. The average Bonchev–Trinajstić information content (AvgIpc) is 2.65. The van der Waals surface area contributed by atoms with Crippen LogP contribution in [0.4, 0.5) is 0 Å². The first-order chi connectivity index (χ1) is 6.81. The summed E-state index contributed by atoms with van der Waals surface area (Å²) in [6, 6.07) is 6.19. The summed E-state index contributed by atoms with van der Waals surface area (Å²) in [7, 11) is 0. The molecule has 3 heteroatoms. The van der Waals surface area contributed by atoms with Crippen LogP contribution in [0.2, 0.25) is 0 Å². The largest absolute Gasteiger partial charge is 0.393 e. The van der Waals surface area contributed by atoms with Crippen molar-refractivity contribution in [2.24, 2.45) is 0 Å². The number of aliphatic hydroxyl groups excluding tert-OH is 1. The van der Waals surface area contributed by atoms with Gasteiger partial charge < -0.3 is 9.67 Å². The molecule has 1 aliphatic carbocycles. The van der Waals surface area contributed by atoms with Crippen molar-refractivity contribution in [2.75, 3.05) is 0 Å². The molecule has 1 heterocycles. The van der Waals surface area contributed by atoms with Gasteiger partial charge in [-0.25, -0.2) is 0 Å². The van der Waals surface area contributed by atoms with Crippen molar-refractivity contribution in [1.82, 2.24) is 4.57 Å². The van der Waals surface area contributed by atoms with Crippen LogP contribution in [-0.4, -0.2) is 15.8 Å². The molecule has 1 saturated carbocycles. The van der Waals surface area contributed by atoms with Crippen molar-refractivity contribution in [3.63, 3.8) is 0 Å². The predicted octanol–water partition coefficient (Wildman–Crippen LogP) is 1.84. The highest BCUT2D eigenvalue weighted by Crippen LogP contribution is 2.29. The lowest BCUT2D eigenvalue weighted by Crippen LogP contribution is -2.22. The Balaban J connectivity index is 2.18. The summed E-state index contributed by atoms with van der Waals surface area (Å²) in [5, 5.41) is 18.4. The SMILES string of the molecule is N#Cc1cccn1C1CCCC(O)C1. The van der Waals surface area contributed by atoms with Gasteiger partial charge in [-0.05, 0) is 37.8 Å². The number of aliphatic hydroxyl groups is 1. The normalized spacial score (nSPS) is 27.1. The molecule has 1 aromatic rings. The molecular weight excluding hydrogens is 176 g/mol. The molecule has 14 heavy (non-hydrogen) atoms. The molecule has 1 aliphatic rings. The van der Waals surface area contributed by atoms with Crippen molar-refractivity contribution in [1.29, 1.82) is 5.26 Å². The minimum absolute atomic E-state index is 0.192. The van der Waals surface area contributed by atoms with E-state index in [2.05, 4.69) is 6.07 Å². The lowest BCUT2D eigenvalue weighted by Gasteiger charge is -2.27. The second-order valence-corrected chi connectivity index (χ2v) is 3.89. The summed E-state index contributed by atoms with van der Waals surface area (Å²) in [6.07, 6.45) is 5.54. The third-order valence-electron chi connectivity index (χ3n) is 2.91. The molecule has 2 unspecified atom stereocenters. The third-order valence-corrected chi connectivity index (χ3v) is 2.91. The summed E-state index contributed by atoms with van der Waals surface area (Å²) < 4.78 is 1.99. The van der Waals surface area contributed by atoms with E-state index in [1.54, 1.807) is 0 Å². The molecule has 0 radical (unpaired) electrons. The summed E-state index contributed by atoms with van der Waals surface area (Å²) in [5.41, 5.74) is 0.698. The second kappa shape index (κ2) is 3.85. The molecule has 1 fully saturated rings. The number of hydrogen-bond donors (Lipinski definition) is 1. The smallest absolute Gasteiger partial charge is 0.120 e. The number of nitriles is 1. The highest BCUT2D eigenvalue weighted by Gasteiger charge is 2.22. The zero-order valence-electron chi connectivity index (χ0n) is 8.06. The Hall–Kier alpha value is -1.27. The number of aromatic nitrogens is 1. The summed E-state index contributed by atoms with van der Waals surface area (Å²) in [5.74, 6) is 0. The first-order valence-electron chi connectivity index (χ1n) is 5.06. The lowest BCUT2D eigenvalue weighted by molar-refractivity contribution is 0.104. The Bertz CT molecular complexity index is 350. The van der Waals surface area contributed by atoms with Crippen LogP contribution in [0.15, 0.2) is 18.3 Å². The van der Waals surface area contributed by atoms with E-state index >= 15 is 0 Å². The Morgan fingerprint density at radius 1 is 1.50 bits per heavy atom. The molecule has 2 rings (SSSR count). The van der Waals surface area contributed by atoms with Crippen LogP contribution in [0, 0.1) is 11.3 Å². The maximum Gasteiger partial charge on any atom is 0.120 e. The van der Waals surface area contributed by atoms with E-state index in [4.69, 9.17) is 5.26 Å². The van der Waals surface area contributed by atoms with E-state index in [1.165, 1.54) is 0 Å². The Kier molecular flexibility index (Phi) is 2.55.